The quantitative estimate of drug-likeness (QED) is 0.603. The van der Waals surface area contributed by atoms with E-state index in [1.165, 1.54) is 28.4 Å². The highest BCUT2D eigenvalue weighted by Gasteiger charge is 2.24. The van der Waals surface area contributed by atoms with Crippen molar-refractivity contribution in [2.45, 2.75) is 0 Å². The lowest BCUT2D eigenvalue weighted by molar-refractivity contribution is 0.0981. The smallest absolute Gasteiger partial charge is 0.263 e. The van der Waals surface area contributed by atoms with Gasteiger partial charge in [0.1, 0.15) is 5.82 Å². The Bertz CT molecular complexity index is 949. The van der Waals surface area contributed by atoms with Crippen molar-refractivity contribution >= 4 is 32.6 Å². The second kappa shape index (κ2) is 8.53. The SMILES string of the molecule is COc1cc2nc(N(CCN(C)C)C(=O)c3ccccc3F)sc2cc1OC. The van der Waals surface area contributed by atoms with Crippen LogP contribution in [0.4, 0.5) is 9.52 Å². The topological polar surface area (TPSA) is 54.9 Å². The summed E-state index contributed by atoms with van der Waals surface area (Å²) in [5.74, 6) is 0.183. The number of thiazole rings is 1. The zero-order chi connectivity index (χ0) is 20.3. The van der Waals surface area contributed by atoms with Gasteiger partial charge in [0.05, 0.1) is 30.0 Å². The van der Waals surface area contributed by atoms with E-state index in [1.54, 1.807) is 32.4 Å². The minimum atomic E-state index is -0.549. The van der Waals surface area contributed by atoms with Gasteiger partial charge >= 0.3 is 0 Å². The van der Waals surface area contributed by atoms with Gasteiger partial charge in [0.15, 0.2) is 16.6 Å². The van der Waals surface area contributed by atoms with Crippen molar-refractivity contribution in [1.29, 1.82) is 0 Å². The van der Waals surface area contributed by atoms with E-state index < -0.39 is 11.7 Å². The van der Waals surface area contributed by atoms with Crippen LogP contribution in [0.1, 0.15) is 10.4 Å². The molecule has 0 spiro atoms. The fraction of sp³-hybridized carbons (Fsp3) is 0.300. The van der Waals surface area contributed by atoms with Gasteiger partial charge in [-0.3, -0.25) is 9.69 Å². The molecule has 0 aliphatic heterocycles. The van der Waals surface area contributed by atoms with Crippen molar-refractivity contribution < 1.29 is 18.7 Å². The molecule has 148 valence electrons. The van der Waals surface area contributed by atoms with E-state index in [4.69, 9.17) is 9.47 Å². The summed E-state index contributed by atoms with van der Waals surface area (Å²) in [4.78, 5) is 21.2. The van der Waals surface area contributed by atoms with E-state index in [2.05, 4.69) is 4.98 Å². The number of likely N-dealkylation sites (N-methyl/N-ethyl adjacent to an activating group) is 1. The molecular weight excluding hydrogens is 381 g/mol. The van der Waals surface area contributed by atoms with Gasteiger partial charge < -0.3 is 14.4 Å². The summed E-state index contributed by atoms with van der Waals surface area (Å²) < 4.78 is 25.7. The summed E-state index contributed by atoms with van der Waals surface area (Å²) >= 11 is 1.35. The maximum atomic E-state index is 14.2. The van der Waals surface area contributed by atoms with E-state index in [9.17, 15) is 9.18 Å². The molecule has 1 aromatic heterocycles. The molecule has 0 fully saturated rings. The zero-order valence-electron chi connectivity index (χ0n) is 16.2. The molecule has 6 nitrogen and oxygen atoms in total. The second-order valence-electron chi connectivity index (χ2n) is 6.41. The minimum Gasteiger partial charge on any atom is -0.493 e. The van der Waals surface area contributed by atoms with Crippen molar-refractivity contribution in [2.24, 2.45) is 0 Å². The number of carbonyl (C=O) groups is 1. The fourth-order valence-electron chi connectivity index (χ4n) is 2.72. The highest BCUT2D eigenvalue weighted by atomic mass is 32.1. The number of amides is 1. The predicted octanol–water partition coefficient (Wildman–Crippen LogP) is 3.66. The molecule has 0 bridgehead atoms. The van der Waals surface area contributed by atoms with Crippen LogP contribution in [0, 0.1) is 5.82 Å². The lowest BCUT2D eigenvalue weighted by Crippen LogP contribution is -2.37. The molecule has 0 saturated heterocycles. The fourth-order valence-corrected chi connectivity index (χ4v) is 3.72. The van der Waals surface area contributed by atoms with Crippen LogP contribution in [0.2, 0.25) is 0 Å². The Balaban J connectivity index is 2.04. The number of hydrogen-bond donors (Lipinski definition) is 0. The number of ether oxygens (including phenoxy) is 2. The molecule has 0 saturated carbocycles. The van der Waals surface area contributed by atoms with Crippen LogP contribution in [0.15, 0.2) is 36.4 Å². The molecule has 3 rings (SSSR count). The maximum Gasteiger partial charge on any atom is 0.263 e. The van der Waals surface area contributed by atoms with Gasteiger partial charge in [-0.25, -0.2) is 9.37 Å². The predicted molar refractivity (Wildman–Crippen MR) is 109 cm³/mol. The number of methoxy groups -OCH3 is 2. The van der Waals surface area contributed by atoms with E-state index >= 15 is 0 Å². The molecule has 1 heterocycles. The number of hydrogen-bond acceptors (Lipinski definition) is 6. The minimum absolute atomic E-state index is 0.0238. The van der Waals surface area contributed by atoms with Crippen molar-refractivity contribution in [1.82, 2.24) is 9.88 Å². The third-order valence-corrected chi connectivity index (χ3v) is 5.27. The Morgan fingerprint density at radius 2 is 1.79 bits per heavy atom. The van der Waals surface area contributed by atoms with E-state index in [-0.39, 0.29) is 5.56 Å². The van der Waals surface area contributed by atoms with Gasteiger partial charge in [-0.15, -0.1) is 0 Å². The summed E-state index contributed by atoms with van der Waals surface area (Å²) in [5, 5.41) is 0.500. The number of halogens is 1. The first-order chi connectivity index (χ1) is 13.4. The lowest BCUT2D eigenvalue weighted by Gasteiger charge is -2.22. The lowest BCUT2D eigenvalue weighted by atomic mass is 10.2. The Morgan fingerprint density at radius 3 is 2.43 bits per heavy atom. The van der Waals surface area contributed by atoms with Crippen LogP contribution in [0.5, 0.6) is 11.5 Å². The monoisotopic (exact) mass is 403 g/mol. The molecule has 3 aromatic rings. The third kappa shape index (κ3) is 4.07. The van der Waals surface area contributed by atoms with Crippen molar-refractivity contribution in [2.75, 3.05) is 46.3 Å². The van der Waals surface area contributed by atoms with Gasteiger partial charge in [0, 0.05) is 25.2 Å². The number of rotatable bonds is 7. The Morgan fingerprint density at radius 1 is 1.11 bits per heavy atom. The third-order valence-electron chi connectivity index (χ3n) is 4.23. The molecule has 1 amide bonds. The number of fused-ring (bicyclic) bond motifs is 1. The molecule has 8 heteroatoms. The van der Waals surface area contributed by atoms with Gasteiger partial charge in [-0.05, 0) is 26.2 Å². The Kier molecular flexibility index (Phi) is 6.11. The second-order valence-corrected chi connectivity index (χ2v) is 7.42. The summed E-state index contributed by atoms with van der Waals surface area (Å²) in [7, 11) is 6.96. The normalized spacial score (nSPS) is 11.1. The molecular formula is C20H22FN3O3S. The highest BCUT2D eigenvalue weighted by Crippen LogP contribution is 2.37. The van der Waals surface area contributed by atoms with Crippen LogP contribution < -0.4 is 14.4 Å². The van der Waals surface area contributed by atoms with Gasteiger partial charge in [0.2, 0.25) is 0 Å². The largest absolute Gasteiger partial charge is 0.493 e. The molecule has 0 aliphatic carbocycles. The summed E-state index contributed by atoms with van der Waals surface area (Å²) in [5.41, 5.74) is 0.713. The van der Waals surface area contributed by atoms with Gasteiger partial charge in [0.25, 0.3) is 5.91 Å². The molecule has 0 N–H and O–H groups in total. The number of aromatic nitrogens is 1. The summed E-state index contributed by atoms with van der Waals surface area (Å²) in [6.07, 6.45) is 0. The van der Waals surface area contributed by atoms with Crippen LogP contribution in [0.25, 0.3) is 10.2 Å². The van der Waals surface area contributed by atoms with Crippen LogP contribution in [-0.2, 0) is 0 Å². The van der Waals surface area contributed by atoms with Gasteiger partial charge in [-0.1, -0.05) is 23.5 Å². The maximum absolute atomic E-state index is 14.2. The Hall–Kier alpha value is -2.71. The molecule has 28 heavy (non-hydrogen) atoms. The van der Waals surface area contributed by atoms with Crippen LogP contribution in [0.3, 0.4) is 0 Å². The standard InChI is InChI=1S/C20H22FN3O3S/c1-23(2)9-10-24(19(25)13-7-5-6-8-14(13)21)20-22-15-11-16(26-3)17(27-4)12-18(15)28-20/h5-8,11-12H,9-10H2,1-4H3. The highest BCUT2D eigenvalue weighted by molar-refractivity contribution is 7.22. The molecule has 0 atom stereocenters. The van der Waals surface area contributed by atoms with Crippen molar-refractivity contribution in [3.8, 4) is 11.5 Å². The number of nitrogens with zero attached hydrogens (tertiary/aromatic N) is 3. The number of carbonyl (C=O) groups excluding carboxylic acids is 1. The number of anilines is 1. The van der Waals surface area contributed by atoms with Crippen LogP contribution >= 0.6 is 11.3 Å². The Labute approximate surface area is 167 Å². The van der Waals surface area contributed by atoms with E-state index in [0.29, 0.717) is 35.2 Å². The van der Waals surface area contributed by atoms with E-state index in [1.807, 2.05) is 25.1 Å². The average molecular weight is 403 g/mol. The zero-order valence-corrected chi connectivity index (χ0v) is 17.0. The first kappa shape index (κ1) is 20.0. The van der Waals surface area contributed by atoms with Crippen molar-refractivity contribution in [3.63, 3.8) is 0 Å². The van der Waals surface area contributed by atoms with Gasteiger partial charge in [-0.2, -0.15) is 0 Å². The first-order valence-electron chi connectivity index (χ1n) is 8.68. The van der Waals surface area contributed by atoms with Crippen molar-refractivity contribution in [3.05, 3.63) is 47.8 Å². The molecule has 0 radical (unpaired) electrons. The number of benzene rings is 2. The average Bonchev–Trinajstić information content (AvgIpc) is 3.09. The first-order valence-corrected chi connectivity index (χ1v) is 9.50. The molecule has 2 aromatic carbocycles. The summed E-state index contributed by atoms with van der Waals surface area (Å²) in [6, 6.07) is 9.57. The van der Waals surface area contributed by atoms with E-state index in [0.717, 1.165) is 4.70 Å². The molecule has 0 aliphatic rings. The summed E-state index contributed by atoms with van der Waals surface area (Å²) in [6.45, 7) is 0.997. The molecule has 0 unspecified atom stereocenters. The van der Waals surface area contributed by atoms with Crippen LogP contribution in [-0.4, -0.2) is 57.2 Å².